The molecule has 0 heterocycles. The highest BCUT2D eigenvalue weighted by Gasteiger charge is 2.20. The van der Waals surface area contributed by atoms with Crippen LogP contribution in [0.3, 0.4) is 0 Å². The fourth-order valence-electron chi connectivity index (χ4n) is 1.92. The highest BCUT2D eigenvalue weighted by atomic mass is 35.5. The van der Waals surface area contributed by atoms with Crippen LogP contribution in [0.2, 0.25) is 5.02 Å². The van der Waals surface area contributed by atoms with E-state index in [1.165, 1.54) is 6.42 Å². The largest absolute Gasteiger partial charge is 0.490 e. The molecule has 0 radical (unpaired) electrons. The van der Waals surface area contributed by atoms with E-state index >= 15 is 0 Å². The minimum absolute atomic E-state index is 0.231. The van der Waals surface area contributed by atoms with E-state index in [2.05, 4.69) is 5.32 Å². The summed E-state index contributed by atoms with van der Waals surface area (Å²) in [4.78, 5) is 11.9. The Morgan fingerprint density at radius 1 is 1.55 bits per heavy atom. The first kappa shape index (κ1) is 15.1. The molecule has 0 aliphatic heterocycles. The maximum atomic E-state index is 11.9. The average molecular weight is 298 g/mol. The summed E-state index contributed by atoms with van der Waals surface area (Å²) in [5.41, 5.74) is 0.429. The number of amides is 1. The Hall–Kier alpha value is -1.26. The van der Waals surface area contributed by atoms with Crippen LogP contribution in [0.15, 0.2) is 18.2 Å². The van der Waals surface area contributed by atoms with Gasteiger partial charge in [0.15, 0.2) is 0 Å². The molecule has 0 saturated heterocycles. The van der Waals surface area contributed by atoms with Crippen LogP contribution < -0.4 is 10.1 Å². The molecule has 20 heavy (non-hydrogen) atoms. The van der Waals surface area contributed by atoms with Gasteiger partial charge < -0.3 is 15.2 Å². The number of benzene rings is 1. The van der Waals surface area contributed by atoms with Gasteiger partial charge in [-0.1, -0.05) is 11.6 Å². The van der Waals surface area contributed by atoms with Crippen molar-refractivity contribution in [3.05, 3.63) is 28.8 Å². The highest BCUT2D eigenvalue weighted by Crippen LogP contribution is 2.28. The molecule has 1 amide bonds. The topological polar surface area (TPSA) is 58.6 Å². The number of halogens is 1. The summed E-state index contributed by atoms with van der Waals surface area (Å²) < 4.78 is 5.73. The van der Waals surface area contributed by atoms with Gasteiger partial charge in [0.2, 0.25) is 0 Å². The van der Waals surface area contributed by atoms with Crippen LogP contribution in [0.5, 0.6) is 5.75 Å². The number of ether oxygens (including phenoxy) is 1. The first-order valence-corrected chi connectivity index (χ1v) is 7.36. The predicted octanol–water partition coefficient (Wildman–Crippen LogP) is 2.77. The van der Waals surface area contributed by atoms with E-state index < -0.39 is 6.10 Å². The Morgan fingerprint density at radius 3 is 2.85 bits per heavy atom. The molecule has 2 rings (SSSR count). The zero-order valence-corrected chi connectivity index (χ0v) is 12.3. The molecule has 1 atom stereocenters. The van der Waals surface area contributed by atoms with E-state index in [-0.39, 0.29) is 12.0 Å². The molecular formula is C15H20ClNO3. The summed E-state index contributed by atoms with van der Waals surface area (Å²) in [7, 11) is 0. The van der Waals surface area contributed by atoms with E-state index in [0.717, 1.165) is 12.8 Å². The summed E-state index contributed by atoms with van der Waals surface area (Å²) in [5.74, 6) is 0.478. The van der Waals surface area contributed by atoms with Gasteiger partial charge in [-0.05, 0) is 50.8 Å². The molecule has 4 nitrogen and oxygen atoms in total. The molecule has 2 N–H and O–H groups in total. The molecular weight excluding hydrogens is 278 g/mol. The second-order valence-corrected chi connectivity index (χ2v) is 5.61. The number of hydrogen-bond donors (Lipinski definition) is 2. The zero-order valence-electron chi connectivity index (χ0n) is 11.6. The lowest BCUT2D eigenvalue weighted by atomic mass is 9.96. The monoisotopic (exact) mass is 297 g/mol. The van der Waals surface area contributed by atoms with Crippen molar-refractivity contribution >= 4 is 17.5 Å². The van der Waals surface area contributed by atoms with Gasteiger partial charge in [-0.25, -0.2) is 0 Å². The van der Waals surface area contributed by atoms with Crippen molar-refractivity contribution in [2.45, 2.75) is 44.8 Å². The van der Waals surface area contributed by atoms with E-state index in [1.54, 1.807) is 25.1 Å². The molecule has 0 spiro atoms. The molecule has 110 valence electrons. The SMILES string of the molecule is CC(O)CCNC(=O)c1ccc(OC2CCC2)cc1Cl. The zero-order chi connectivity index (χ0) is 14.5. The van der Waals surface area contributed by atoms with Crippen LogP contribution >= 0.6 is 11.6 Å². The lowest BCUT2D eigenvalue weighted by Crippen LogP contribution is -2.27. The molecule has 1 aromatic carbocycles. The van der Waals surface area contributed by atoms with Crippen LogP contribution in [-0.2, 0) is 0 Å². The van der Waals surface area contributed by atoms with Gasteiger partial charge in [0, 0.05) is 6.54 Å². The first-order valence-electron chi connectivity index (χ1n) is 6.98. The molecule has 1 aromatic rings. The van der Waals surface area contributed by atoms with Crippen LogP contribution in [0, 0.1) is 0 Å². The lowest BCUT2D eigenvalue weighted by Gasteiger charge is -2.26. The molecule has 0 bridgehead atoms. The van der Waals surface area contributed by atoms with Crippen molar-refractivity contribution in [1.29, 1.82) is 0 Å². The third-order valence-electron chi connectivity index (χ3n) is 3.39. The molecule has 0 aromatic heterocycles. The van der Waals surface area contributed by atoms with Crippen LogP contribution in [0.1, 0.15) is 43.0 Å². The van der Waals surface area contributed by atoms with Gasteiger partial charge in [-0.3, -0.25) is 4.79 Å². The maximum absolute atomic E-state index is 11.9. The van der Waals surface area contributed by atoms with Gasteiger partial charge in [0.25, 0.3) is 5.91 Å². The van der Waals surface area contributed by atoms with Gasteiger partial charge >= 0.3 is 0 Å². The summed E-state index contributed by atoms with van der Waals surface area (Å²) in [6, 6.07) is 5.13. The first-order chi connectivity index (χ1) is 9.56. The number of carbonyl (C=O) groups is 1. The van der Waals surface area contributed by atoms with Crippen LogP contribution in [0.4, 0.5) is 0 Å². The van der Waals surface area contributed by atoms with E-state index in [0.29, 0.717) is 29.3 Å². The molecule has 1 aliphatic carbocycles. The number of nitrogens with one attached hydrogen (secondary N) is 1. The van der Waals surface area contributed by atoms with Crippen molar-refractivity contribution in [2.75, 3.05) is 6.54 Å². The van der Waals surface area contributed by atoms with Gasteiger partial charge in [0.05, 0.1) is 22.8 Å². The molecule has 1 saturated carbocycles. The standard InChI is InChI=1S/C15H20ClNO3/c1-10(18)7-8-17-15(19)13-6-5-12(9-14(13)16)20-11-3-2-4-11/h5-6,9-11,18H,2-4,7-8H2,1H3,(H,17,19). The smallest absolute Gasteiger partial charge is 0.252 e. The normalized spacial score (nSPS) is 16.4. The van der Waals surface area contributed by atoms with Crippen molar-refractivity contribution < 1.29 is 14.6 Å². The Morgan fingerprint density at radius 2 is 2.30 bits per heavy atom. The van der Waals surface area contributed by atoms with Gasteiger partial charge in [0.1, 0.15) is 5.75 Å². The fourth-order valence-corrected chi connectivity index (χ4v) is 2.18. The number of hydrogen-bond acceptors (Lipinski definition) is 3. The Bertz CT molecular complexity index is 472. The third kappa shape index (κ3) is 4.12. The van der Waals surface area contributed by atoms with E-state index in [9.17, 15) is 4.79 Å². The summed E-state index contributed by atoms with van der Waals surface area (Å²) >= 11 is 6.12. The van der Waals surface area contributed by atoms with Crippen molar-refractivity contribution in [3.63, 3.8) is 0 Å². The van der Waals surface area contributed by atoms with Crippen molar-refractivity contribution in [1.82, 2.24) is 5.32 Å². The van der Waals surface area contributed by atoms with Gasteiger partial charge in [-0.2, -0.15) is 0 Å². The third-order valence-corrected chi connectivity index (χ3v) is 3.70. The Kier molecular flexibility index (Phi) is 5.26. The summed E-state index contributed by atoms with van der Waals surface area (Å²) in [6.07, 6.45) is 3.76. The number of rotatable bonds is 6. The quantitative estimate of drug-likeness (QED) is 0.849. The molecule has 1 unspecified atom stereocenters. The predicted molar refractivity (Wildman–Crippen MR) is 78.4 cm³/mol. The number of aliphatic hydroxyl groups is 1. The van der Waals surface area contributed by atoms with Crippen molar-refractivity contribution in [2.24, 2.45) is 0 Å². The van der Waals surface area contributed by atoms with E-state index in [4.69, 9.17) is 21.4 Å². The molecule has 5 heteroatoms. The van der Waals surface area contributed by atoms with Gasteiger partial charge in [-0.15, -0.1) is 0 Å². The molecule has 1 aliphatic rings. The minimum atomic E-state index is -0.427. The Labute approximate surface area is 124 Å². The Balaban J connectivity index is 1.92. The second-order valence-electron chi connectivity index (χ2n) is 5.21. The summed E-state index contributed by atoms with van der Waals surface area (Å²) in [6.45, 7) is 2.11. The van der Waals surface area contributed by atoms with Crippen molar-refractivity contribution in [3.8, 4) is 5.75 Å². The number of aliphatic hydroxyl groups excluding tert-OH is 1. The maximum Gasteiger partial charge on any atom is 0.252 e. The highest BCUT2D eigenvalue weighted by molar-refractivity contribution is 6.34. The molecule has 1 fully saturated rings. The second kappa shape index (κ2) is 6.95. The fraction of sp³-hybridized carbons (Fsp3) is 0.533. The summed E-state index contributed by atoms with van der Waals surface area (Å²) in [5, 5.41) is 12.3. The average Bonchev–Trinajstić information content (AvgIpc) is 2.33. The number of carbonyl (C=O) groups excluding carboxylic acids is 1. The van der Waals surface area contributed by atoms with Crippen LogP contribution in [0.25, 0.3) is 0 Å². The van der Waals surface area contributed by atoms with Crippen LogP contribution in [-0.4, -0.2) is 29.8 Å². The minimum Gasteiger partial charge on any atom is -0.490 e. The van der Waals surface area contributed by atoms with E-state index in [1.807, 2.05) is 0 Å². The lowest BCUT2D eigenvalue weighted by molar-refractivity contribution is 0.0945.